The lowest BCUT2D eigenvalue weighted by Gasteiger charge is -2.20. The number of para-hydroxylation sites is 1. The van der Waals surface area contributed by atoms with Gasteiger partial charge in [0.2, 0.25) is 0 Å². The molecule has 0 fully saturated rings. The molecule has 156 valence electrons. The Morgan fingerprint density at radius 3 is 2.28 bits per heavy atom. The number of aromatic nitrogens is 2. The topological polar surface area (TPSA) is 41.6 Å². The van der Waals surface area contributed by atoms with Gasteiger partial charge in [-0.15, -0.1) is 0 Å². The zero-order valence-electron chi connectivity index (χ0n) is 18.8. The van der Waals surface area contributed by atoms with E-state index in [1.165, 1.54) is 27.4 Å². The Morgan fingerprint density at radius 1 is 0.844 bits per heavy atom. The summed E-state index contributed by atoms with van der Waals surface area (Å²) < 4.78 is 2.35. The van der Waals surface area contributed by atoms with Crippen LogP contribution < -0.4 is 0 Å². The monoisotopic (exact) mass is 415 g/mol. The first-order valence-electron chi connectivity index (χ1n) is 10.9. The van der Waals surface area contributed by atoms with E-state index in [4.69, 9.17) is 0 Å². The van der Waals surface area contributed by atoms with Gasteiger partial charge in [0.15, 0.2) is 0 Å². The highest BCUT2D eigenvalue weighted by molar-refractivity contribution is 6.09. The van der Waals surface area contributed by atoms with Gasteiger partial charge in [-0.25, -0.2) is 0 Å². The fourth-order valence-corrected chi connectivity index (χ4v) is 4.50. The first kappa shape index (κ1) is 20.0. The second kappa shape index (κ2) is 7.35. The van der Waals surface area contributed by atoms with Gasteiger partial charge in [-0.1, -0.05) is 51.1 Å². The third kappa shape index (κ3) is 3.16. The average molecular weight is 416 g/mol. The van der Waals surface area contributed by atoms with Crippen molar-refractivity contribution < 1.29 is 0 Å². The summed E-state index contributed by atoms with van der Waals surface area (Å²) in [5.41, 5.74) is 8.47. The lowest BCUT2D eigenvalue weighted by molar-refractivity contribution is 0.591. The lowest BCUT2D eigenvalue weighted by Crippen LogP contribution is -2.11. The zero-order valence-corrected chi connectivity index (χ0v) is 18.8. The molecule has 3 nitrogen and oxygen atoms in total. The average Bonchev–Trinajstić information content (AvgIpc) is 3.12. The highest BCUT2D eigenvalue weighted by atomic mass is 15.0. The van der Waals surface area contributed by atoms with E-state index in [2.05, 4.69) is 91.8 Å². The maximum Gasteiger partial charge on any atom is 0.0998 e. The number of nitrogens with zero attached hydrogens (tertiary/aromatic N) is 3. The number of rotatable bonds is 2. The van der Waals surface area contributed by atoms with Crippen LogP contribution in [0.15, 0.2) is 79.1 Å². The second-order valence-electron chi connectivity index (χ2n) is 9.37. The van der Waals surface area contributed by atoms with Crippen LogP contribution >= 0.6 is 0 Å². The fourth-order valence-electron chi connectivity index (χ4n) is 4.50. The van der Waals surface area contributed by atoms with Gasteiger partial charge in [0, 0.05) is 34.4 Å². The van der Waals surface area contributed by atoms with Crippen molar-refractivity contribution in [2.45, 2.75) is 33.1 Å². The van der Waals surface area contributed by atoms with Crippen LogP contribution in [0.5, 0.6) is 0 Å². The maximum absolute atomic E-state index is 9.82. The van der Waals surface area contributed by atoms with Crippen LogP contribution in [0.4, 0.5) is 0 Å². The molecule has 3 aromatic carbocycles. The molecular formula is C29H25N3. The van der Waals surface area contributed by atoms with Gasteiger partial charge in [0.05, 0.1) is 22.7 Å². The minimum Gasteiger partial charge on any atom is -0.309 e. The first-order chi connectivity index (χ1) is 15.4. The van der Waals surface area contributed by atoms with E-state index in [9.17, 15) is 5.26 Å². The molecule has 0 aliphatic rings. The molecule has 5 rings (SSSR count). The molecule has 5 aromatic rings. The van der Waals surface area contributed by atoms with Crippen LogP contribution in [0.3, 0.4) is 0 Å². The molecule has 32 heavy (non-hydrogen) atoms. The Balaban J connectivity index is 1.89. The predicted molar refractivity (Wildman–Crippen MR) is 132 cm³/mol. The normalized spacial score (nSPS) is 11.7. The molecule has 3 heteroatoms. The SMILES string of the molecule is Cc1cc(C#N)c(-c2ccncc2)cc1-n1c2ccccc2c2ccc(C(C)(C)C)cc21. The Morgan fingerprint density at radius 2 is 1.56 bits per heavy atom. The summed E-state index contributed by atoms with van der Waals surface area (Å²) in [6.07, 6.45) is 3.54. The summed E-state index contributed by atoms with van der Waals surface area (Å²) >= 11 is 0. The summed E-state index contributed by atoms with van der Waals surface area (Å²) in [5, 5.41) is 12.3. The highest BCUT2D eigenvalue weighted by Gasteiger charge is 2.19. The number of aryl methyl sites for hydroxylation is 1. The molecule has 0 aliphatic carbocycles. The van der Waals surface area contributed by atoms with Crippen molar-refractivity contribution in [1.82, 2.24) is 9.55 Å². The van der Waals surface area contributed by atoms with E-state index >= 15 is 0 Å². The number of nitriles is 1. The third-order valence-electron chi connectivity index (χ3n) is 6.23. The van der Waals surface area contributed by atoms with E-state index < -0.39 is 0 Å². The number of hydrogen-bond acceptors (Lipinski definition) is 2. The summed E-state index contributed by atoms with van der Waals surface area (Å²) in [5.74, 6) is 0. The molecule has 0 aliphatic heterocycles. The quantitative estimate of drug-likeness (QED) is 0.303. The van der Waals surface area contributed by atoms with E-state index in [1.807, 2.05) is 18.2 Å². The van der Waals surface area contributed by atoms with Gasteiger partial charge < -0.3 is 4.57 Å². The first-order valence-corrected chi connectivity index (χ1v) is 10.9. The van der Waals surface area contributed by atoms with Gasteiger partial charge in [0.25, 0.3) is 0 Å². The Labute approximate surface area is 188 Å². The van der Waals surface area contributed by atoms with E-state index in [0.29, 0.717) is 5.56 Å². The molecule has 0 unspecified atom stereocenters. The number of fused-ring (bicyclic) bond motifs is 3. The van der Waals surface area contributed by atoms with Crippen molar-refractivity contribution in [2.24, 2.45) is 0 Å². The maximum atomic E-state index is 9.82. The second-order valence-corrected chi connectivity index (χ2v) is 9.37. The predicted octanol–water partition coefficient (Wildman–Crippen LogP) is 7.32. The molecule has 0 N–H and O–H groups in total. The highest BCUT2D eigenvalue weighted by Crippen LogP contribution is 2.37. The van der Waals surface area contributed by atoms with Crippen molar-refractivity contribution >= 4 is 21.8 Å². The van der Waals surface area contributed by atoms with E-state index in [-0.39, 0.29) is 5.41 Å². The molecule has 0 spiro atoms. The van der Waals surface area contributed by atoms with Crippen LogP contribution in [-0.4, -0.2) is 9.55 Å². The molecule has 0 amide bonds. The Kier molecular flexibility index (Phi) is 4.60. The van der Waals surface area contributed by atoms with Gasteiger partial charge in [-0.05, 0) is 65.4 Å². The van der Waals surface area contributed by atoms with Crippen molar-refractivity contribution in [3.63, 3.8) is 0 Å². The summed E-state index contributed by atoms with van der Waals surface area (Å²) in [6.45, 7) is 8.82. The molecular weight excluding hydrogens is 390 g/mol. The smallest absolute Gasteiger partial charge is 0.0998 e. The third-order valence-corrected chi connectivity index (χ3v) is 6.23. The fraction of sp³-hybridized carbons (Fsp3) is 0.172. The summed E-state index contributed by atoms with van der Waals surface area (Å²) in [4.78, 5) is 4.14. The van der Waals surface area contributed by atoms with Gasteiger partial charge in [-0.2, -0.15) is 5.26 Å². The van der Waals surface area contributed by atoms with Gasteiger partial charge in [-0.3, -0.25) is 4.98 Å². The standard InChI is InChI=1S/C29H25N3/c1-19-15-21(18-30)25(20-11-13-31-14-12-20)17-27(19)32-26-8-6-5-7-23(26)24-10-9-22(16-28(24)32)29(2,3)4/h5-17H,1-4H3. The molecule has 0 saturated carbocycles. The van der Waals surface area contributed by atoms with E-state index in [1.54, 1.807) is 12.4 Å². The van der Waals surface area contributed by atoms with Crippen molar-refractivity contribution in [3.8, 4) is 22.9 Å². The minimum atomic E-state index is 0.0530. The van der Waals surface area contributed by atoms with Crippen LogP contribution in [0.2, 0.25) is 0 Å². The molecule has 2 heterocycles. The van der Waals surface area contributed by atoms with Crippen molar-refractivity contribution in [2.75, 3.05) is 0 Å². The zero-order chi connectivity index (χ0) is 22.5. The molecule has 0 radical (unpaired) electrons. The van der Waals surface area contributed by atoms with Crippen LogP contribution in [0.1, 0.15) is 37.5 Å². The molecule has 0 bridgehead atoms. The van der Waals surface area contributed by atoms with E-state index in [0.717, 1.165) is 22.4 Å². The molecule has 0 saturated heterocycles. The summed E-state index contributed by atoms with van der Waals surface area (Å²) in [7, 11) is 0. The lowest BCUT2D eigenvalue weighted by atomic mass is 9.86. The Hall–Kier alpha value is -3.90. The minimum absolute atomic E-state index is 0.0530. The molecule has 2 aromatic heterocycles. The number of pyridine rings is 1. The Bertz CT molecular complexity index is 1510. The largest absolute Gasteiger partial charge is 0.309 e. The molecule has 0 atom stereocenters. The number of benzene rings is 3. The van der Waals surface area contributed by atoms with Crippen LogP contribution in [0.25, 0.3) is 38.6 Å². The van der Waals surface area contributed by atoms with Crippen molar-refractivity contribution in [3.05, 3.63) is 95.8 Å². The summed E-state index contributed by atoms with van der Waals surface area (Å²) in [6, 6.07) is 25.8. The van der Waals surface area contributed by atoms with Crippen LogP contribution in [0, 0.1) is 18.3 Å². The van der Waals surface area contributed by atoms with Gasteiger partial charge >= 0.3 is 0 Å². The van der Waals surface area contributed by atoms with Crippen molar-refractivity contribution in [1.29, 1.82) is 5.26 Å². The number of hydrogen-bond donors (Lipinski definition) is 0. The van der Waals surface area contributed by atoms with Gasteiger partial charge in [0.1, 0.15) is 0 Å². The van der Waals surface area contributed by atoms with Crippen LogP contribution in [-0.2, 0) is 5.41 Å².